The largest absolute Gasteiger partial charge is 0.302 e. The molecule has 1 heterocycles. The van der Waals surface area contributed by atoms with Gasteiger partial charge in [0, 0.05) is 12.6 Å². The first-order valence-corrected chi connectivity index (χ1v) is 9.52. The van der Waals surface area contributed by atoms with Crippen LogP contribution in [0, 0.1) is 0 Å². The Morgan fingerprint density at radius 1 is 0.950 bits per heavy atom. The van der Waals surface area contributed by atoms with Gasteiger partial charge in [-0.3, -0.25) is 4.90 Å². The smallest absolute Gasteiger partial charge is 0.0235 e. The van der Waals surface area contributed by atoms with Crippen molar-refractivity contribution in [3.05, 3.63) is 0 Å². The van der Waals surface area contributed by atoms with Crippen molar-refractivity contribution in [3.8, 4) is 0 Å². The van der Waals surface area contributed by atoms with Crippen LogP contribution in [0.1, 0.15) is 65.2 Å². The lowest BCUT2D eigenvalue weighted by molar-refractivity contribution is 0.210. The molecule has 120 valence electrons. The molecule has 0 aromatic carbocycles. The number of thiol groups is 1. The van der Waals surface area contributed by atoms with E-state index in [1.165, 1.54) is 84.1 Å². The van der Waals surface area contributed by atoms with Crippen molar-refractivity contribution in [1.82, 2.24) is 9.80 Å². The maximum atomic E-state index is 4.26. The highest BCUT2D eigenvalue weighted by molar-refractivity contribution is 7.80. The molecule has 0 spiro atoms. The summed E-state index contributed by atoms with van der Waals surface area (Å²) in [5, 5.41) is 0. The van der Waals surface area contributed by atoms with Gasteiger partial charge in [-0.05, 0) is 51.2 Å². The van der Waals surface area contributed by atoms with E-state index >= 15 is 0 Å². The minimum atomic E-state index is 0.825. The number of unbranched alkanes of at least 4 members (excludes halogenated alkanes) is 6. The summed E-state index contributed by atoms with van der Waals surface area (Å²) < 4.78 is 0. The van der Waals surface area contributed by atoms with Gasteiger partial charge < -0.3 is 4.90 Å². The molecular weight excluding hydrogens is 264 g/mol. The topological polar surface area (TPSA) is 6.48 Å². The average Bonchev–Trinajstić information content (AvgIpc) is 2.92. The third-order valence-corrected chi connectivity index (χ3v) is 5.02. The van der Waals surface area contributed by atoms with E-state index in [2.05, 4.69) is 36.3 Å². The van der Waals surface area contributed by atoms with Crippen LogP contribution < -0.4 is 0 Å². The molecule has 1 unspecified atom stereocenters. The standard InChI is InChI=1S/C17H36N2S/c1-3-19(4-2)17-12-14-18(16-17)13-10-8-6-5-7-9-11-15-20/h17,20H,3-16H2,1-2H3. The molecule has 1 saturated heterocycles. The van der Waals surface area contributed by atoms with Crippen molar-refractivity contribution in [3.63, 3.8) is 0 Å². The molecule has 1 fully saturated rings. The Hall–Kier alpha value is 0.270. The van der Waals surface area contributed by atoms with Crippen molar-refractivity contribution in [1.29, 1.82) is 0 Å². The molecule has 2 nitrogen and oxygen atoms in total. The Kier molecular flexibility index (Phi) is 10.9. The van der Waals surface area contributed by atoms with Crippen LogP contribution in [-0.4, -0.2) is 54.3 Å². The summed E-state index contributed by atoms with van der Waals surface area (Å²) in [5.74, 6) is 1.06. The number of nitrogens with zero attached hydrogens (tertiary/aromatic N) is 2. The Morgan fingerprint density at radius 3 is 2.15 bits per heavy atom. The minimum Gasteiger partial charge on any atom is -0.302 e. The molecule has 0 aromatic heterocycles. The van der Waals surface area contributed by atoms with Crippen LogP contribution in [0.3, 0.4) is 0 Å². The summed E-state index contributed by atoms with van der Waals surface area (Å²) in [6, 6.07) is 0.825. The molecule has 1 atom stereocenters. The van der Waals surface area contributed by atoms with Gasteiger partial charge in [0.2, 0.25) is 0 Å². The molecule has 0 saturated carbocycles. The highest BCUT2D eigenvalue weighted by Gasteiger charge is 2.25. The van der Waals surface area contributed by atoms with Crippen LogP contribution in [0.15, 0.2) is 0 Å². The second-order valence-corrected chi connectivity index (χ2v) is 6.61. The molecule has 1 rings (SSSR count). The molecule has 0 radical (unpaired) electrons. The predicted molar refractivity (Wildman–Crippen MR) is 93.9 cm³/mol. The molecule has 0 aromatic rings. The molecule has 1 aliphatic rings. The van der Waals surface area contributed by atoms with E-state index in [4.69, 9.17) is 0 Å². The van der Waals surface area contributed by atoms with Crippen molar-refractivity contribution >= 4 is 12.6 Å². The van der Waals surface area contributed by atoms with Crippen LogP contribution in [0.4, 0.5) is 0 Å². The lowest BCUT2D eigenvalue weighted by atomic mass is 10.1. The Balaban J connectivity index is 1.96. The zero-order chi connectivity index (χ0) is 14.6. The first-order chi connectivity index (χ1) is 9.81. The number of rotatable bonds is 12. The summed E-state index contributed by atoms with van der Waals surface area (Å²) in [7, 11) is 0. The van der Waals surface area contributed by atoms with Gasteiger partial charge in [-0.25, -0.2) is 0 Å². The van der Waals surface area contributed by atoms with E-state index < -0.39 is 0 Å². The minimum absolute atomic E-state index is 0.825. The first-order valence-electron chi connectivity index (χ1n) is 8.89. The molecule has 0 bridgehead atoms. The fraction of sp³-hybridized carbons (Fsp3) is 1.00. The summed E-state index contributed by atoms with van der Waals surface area (Å²) >= 11 is 4.26. The van der Waals surface area contributed by atoms with Gasteiger partial charge in [0.25, 0.3) is 0 Å². The number of likely N-dealkylation sites (N-methyl/N-ethyl adjacent to an activating group) is 1. The van der Waals surface area contributed by atoms with Gasteiger partial charge in [-0.2, -0.15) is 12.6 Å². The van der Waals surface area contributed by atoms with Crippen LogP contribution >= 0.6 is 12.6 Å². The van der Waals surface area contributed by atoms with Crippen molar-refractivity contribution < 1.29 is 0 Å². The molecule has 3 heteroatoms. The Bertz CT molecular complexity index is 219. The summed E-state index contributed by atoms with van der Waals surface area (Å²) in [5.41, 5.74) is 0. The zero-order valence-corrected chi connectivity index (χ0v) is 14.7. The molecule has 0 N–H and O–H groups in total. The Morgan fingerprint density at radius 2 is 1.55 bits per heavy atom. The lowest BCUT2D eigenvalue weighted by Crippen LogP contribution is -2.37. The van der Waals surface area contributed by atoms with Gasteiger partial charge in [-0.1, -0.05) is 46.0 Å². The summed E-state index contributed by atoms with van der Waals surface area (Å²) in [6.45, 7) is 11.0. The van der Waals surface area contributed by atoms with E-state index in [-0.39, 0.29) is 0 Å². The first kappa shape index (κ1) is 18.3. The molecule has 1 aliphatic heterocycles. The maximum Gasteiger partial charge on any atom is 0.0235 e. The van der Waals surface area contributed by atoms with Crippen LogP contribution in [0.2, 0.25) is 0 Å². The van der Waals surface area contributed by atoms with Crippen LogP contribution in [0.25, 0.3) is 0 Å². The van der Waals surface area contributed by atoms with E-state index in [1.807, 2.05) is 0 Å². The highest BCUT2D eigenvalue weighted by atomic mass is 32.1. The van der Waals surface area contributed by atoms with E-state index in [0.29, 0.717) is 0 Å². The van der Waals surface area contributed by atoms with Crippen molar-refractivity contribution in [2.75, 3.05) is 38.5 Å². The van der Waals surface area contributed by atoms with Gasteiger partial charge in [-0.15, -0.1) is 0 Å². The number of hydrogen-bond acceptors (Lipinski definition) is 3. The second-order valence-electron chi connectivity index (χ2n) is 6.16. The van der Waals surface area contributed by atoms with Crippen LogP contribution in [-0.2, 0) is 0 Å². The van der Waals surface area contributed by atoms with Crippen molar-refractivity contribution in [2.24, 2.45) is 0 Å². The van der Waals surface area contributed by atoms with Gasteiger partial charge in [0.05, 0.1) is 0 Å². The SMILES string of the molecule is CCN(CC)C1CCN(CCCCCCCCCS)C1. The quantitative estimate of drug-likeness (QED) is 0.429. The third kappa shape index (κ3) is 7.33. The molecule has 0 aliphatic carbocycles. The van der Waals surface area contributed by atoms with E-state index in [1.54, 1.807) is 0 Å². The normalized spacial score (nSPS) is 20.1. The van der Waals surface area contributed by atoms with E-state index in [9.17, 15) is 0 Å². The number of likely N-dealkylation sites (tertiary alicyclic amines) is 1. The molecule has 0 amide bonds. The fourth-order valence-corrected chi connectivity index (χ4v) is 3.61. The van der Waals surface area contributed by atoms with Gasteiger partial charge >= 0.3 is 0 Å². The van der Waals surface area contributed by atoms with Gasteiger partial charge in [0.15, 0.2) is 0 Å². The van der Waals surface area contributed by atoms with E-state index in [0.717, 1.165) is 11.8 Å². The lowest BCUT2D eigenvalue weighted by Gasteiger charge is -2.26. The average molecular weight is 301 g/mol. The number of hydrogen-bond donors (Lipinski definition) is 1. The Labute approximate surface area is 132 Å². The summed E-state index contributed by atoms with van der Waals surface area (Å²) in [6.07, 6.45) is 11.1. The molecular formula is C17H36N2S. The highest BCUT2D eigenvalue weighted by Crippen LogP contribution is 2.16. The predicted octanol–water partition coefficient (Wildman–Crippen LogP) is 4.06. The maximum absolute atomic E-state index is 4.26. The van der Waals surface area contributed by atoms with Crippen molar-refractivity contribution in [2.45, 2.75) is 71.3 Å². The zero-order valence-electron chi connectivity index (χ0n) is 13.8. The monoisotopic (exact) mass is 300 g/mol. The fourth-order valence-electron chi connectivity index (χ4n) is 3.38. The second kappa shape index (κ2) is 11.9. The van der Waals surface area contributed by atoms with Gasteiger partial charge in [0.1, 0.15) is 0 Å². The summed E-state index contributed by atoms with van der Waals surface area (Å²) in [4.78, 5) is 5.31. The van der Waals surface area contributed by atoms with Crippen LogP contribution in [0.5, 0.6) is 0 Å². The molecule has 20 heavy (non-hydrogen) atoms. The third-order valence-electron chi connectivity index (χ3n) is 4.71.